The summed E-state index contributed by atoms with van der Waals surface area (Å²) in [6.07, 6.45) is 0. The summed E-state index contributed by atoms with van der Waals surface area (Å²) in [6, 6.07) is 17.2. The monoisotopic (exact) mass is 382 g/mol. The van der Waals surface area contributed by atoms with Gasteiger partial charge in [0.2, 0.25) is 0 Å². The number of hydrogen-bond acceptors (Lipinski definition) is 4. The molecule has 27 heavy (non-hydrogen) atoms. The Hall–Kier alpha value is -3.06. The predicted octanol–water partition coefficient (Wildman–Crippen LogP) is 3.11. The summed E-state index contributed by atoms with van der Waals surface area (Å²) in [4.78, 5) is 14.2. The molecule has 3 aromatic rings. The van der Waals surface area contributed by atoms with E-state index in [2.05, 4.69) is 4.72 Å². The maximum absolute atomic E-state index is 12.8. The zero-order chi connectivity index (χ0) is 19.0. The van der Waals surface area contributed by atoms with Gasteiger partial charge in [0, 0.05) is 12.7 Å². The van der Waals surface area contributed by atoms with Crippen molar-refractivity contribution in [2.45, 2.75) is 4.90 Å². The van der Waals surface area contributed by atoms with Crippen LogP contribution in [0.5, 0.6) is 5.75 Å². The number of nitrogens with one attached hydrogen (secondary N) is 1. The van der Waals surface area contributed by atoms with Gasteiger partial charge in [-0.2, -0.15) is 0 Å². The molecule has 0 saturated heterocycles. The van der Waals surface area contributed by atoms with Gasteiger partial charge in [-0.15, -0.1) is 0 Å². The second-order valence-corrected chi connectivity index (χ2v) is 8.08. The lowest BCUT2D eigenvalue weighted by atomic mass is 10.1. The Kier molecular flexibility index (Phi) is 4.24. The molecule has 0 aromatic heterocycles. The molecule has 0 saturated carbocycles. The molecule has 0 atom stereocenters. The van der Waals surface area contributed by atoms with Crippen molar-refractivity contribution < 1.29 is 17.9 Å². The number of carbonyl (C=O) groups is 1. The van der Waals surface area contributed by atoms with Crippen LogP contribution in [0.15, 0.2) is 65.6 Å². The van der Waals surface area contributed by atoms with E-state index in [4.69, 9.17) is 4.74 Å². The molecule has 0 spiro atoms. The highest BCUT2D eigenvalue weighted by Gasteiger charge is 2.22. The van der Waals surface area contributed by atoms with E-state index in [0.29, 0.717) is 30.2 Å². The molecule has 6 nitrogen and oxygen atoms in total. The maximum atomic E-state index is 12.8. The summed E-state index contributed by atoms with van der Waals surface area (Å²) in [7, 11) is -2.10. The fourth-order valence-corrected chi connectivity index (χ4v) is 4.12. The van der Waals surface area contributed by atoms with Gasteiger partial charge in [-0.05, 0) is 41.1 Å². The molecule has 1 amide bonds. The number of hydrogen-bond donors (Lipinski definition) is 1. The molecule has 0 radical (unpaired) electrons. The third kappa shape index (κ3) is 3.33. The van der Waals surface area contributed by atoms with Crippen LogP contribution >= 0.6 is 0 Å². The van der Waals surface area contributed by atoms with Gasteiger partial charge < -0.3 is 9.64 Å². The van der Waals surface area contributed by atoms with Crippen molar-refractivity contribution >= 4 is 32.4 Å². The van der Waals surface area contributed by atoms with Crippen LogP contribution in [0.1, 0.15) is 10.4 Å². The smallest absolute Gasteiger partial charge is 0.261 e. The van der Waals surface area contributed by atoms with E-state index < -0.39 is 10.0 Å². The molecule has 1 heterocycles. The van der Waals surface area contributed by atoms with E-state index in [1.165, 1.54) is 6.07 Å². The van der Waals surface area contributed by atoms with Crippen molar-refractivity contribution in [2.75, 3.05) is 24.9 Å². The first kappa shape index (κ1) is 17.4. The summed E-state index contributed by atoms with van der Waals surface area (Å²) in [6.45, 7) is 0.878. The Morgan fingerprint density at radius 3 is 2.59 bits per heavy atom. The largest absolute Gasteiger partial charge is 0.491 e. The number of carbonyl (C=O) groups excluding carboxylic acids is 1. The molecular weight excluding hydrogens is 364 g/mol. The quantitative estimate of drug-likeness (QED) is 0.755. The third-order valence-corrected chi connectivity index (χ3v) is 5.90. The van der Waals surface area contributed by atoms with Crippen LogP contribution in [0.25, 0.3) is 10.8 Å². The second-order valence-electron chi connectivity index (χ2n) is 6.40. The number of likely N-dealkylation sites (N-methyl/N-ethyl adjacent to an activating group) is 1. The Morgan fingerprint density at radius 2 is 1.78 bits per heavy atom. The van der Waals surface area contributed by atoms with Gasteiger partial charge in [-0.1, -0.05) is 30.3 Å². The number of benzene rings is 3. The van der Waals surface area contributed by atoms with Crippen molar-refractivity contribution in [3.05, 3.63) is 66.2 Å². The fraction of sp³-hybridized carbons (Fsp3) is 0.150. The molecule has 0 aliphatic carbocycles. The average Bonchev–Trinajstić information content (AvgIpc) is 2.80. The zero-order valence-electron chi connectivity index (χ0n) is 14.7. The minimum Gasteiger partial charge on any atom is -0.491 e. The van der Waals surface area contributed by atoms with E-state index in [-0.39, 0.29) is 10.8 Å². The first-order valence-corrected chi connectivity index (χ1v) is 9.96. The normalized spacial score (nSPS) is 14.4. The fourth-order valence-electron chi connectivity index (χ4n) is 3.03. The van der Waals surface area contributed by atoms with Crippen molar-refractivity contribution in [3.63, 3.8) is 0 Å². The molecular formula is C20H18N2O4S. The van der Waals surface area contributed by atoms with Crippen LogP contribution < -0.4 is 9.46 Å². The molecule has 1 aliphatic heterocycles. The Bertz CT molecular complexity index is 1140. The van der Waals surface area contributed by atoms with Crippen molar-refractivity contribution in [1.29, 1.82) is 0 Å². The van der Waals surface area contributed by atoms with Gasteiger partial charge in [-0.25, -0.2) is 8.42 Å². The van der Waals surface area contributed by atoms with Gasteiger partial charge in [0.1, 0.15) is 12.4 Å². The van der Waals surface area contributed by atoms with E-state index in [0.717, 1.165) is 10.8 Å². The molecule has 4 rings (SSSR count). The van der Waals surface area contributed by atoms with Gasteiger partial charge in [0.05, 0.1) is 17.0 Å². The molecule has 0 fully saturated rings. The first-order chi connectivity index (χ1) is 12.9. The van der Waals surface area contributed by atoms with E-state index in [1.54, 1.807) is 42.3 Å². The number of amides is 1. The van der Waals surface area contributed by atoms with Crippen molar-refractivity contribution in [2.24, 2.45) is 0 Å². The number of rotatable bonds is 3. The minimum absolute atomic E-state index is 0.163. The molecule has 0 bridgehead atoms. The Balaban J connectivity index is 1.68. The lowest BCUT2D eigenvalue weighted by Gasteiger charge is -2.14. The lowest BCUT2D eigenvalue weighted by molar-refractivity contribution is 0.0796. The molecule has 3 aromatic carbocycles. The summed E-state index contributed by atoms with van der Waals surface area (Å²) in [5.74, 6) is 0.257. The summed E-state index contributed by atoms with van der Waals surface area (Å²) >= 11 is 0. The molecule has 0 unspecified atom stereocenters. The van der Waals surface area contributed by atoms with Crippen molar-refractivity contribution in [3.8, 4) is 5.75 Å². The molecule has 138 valence electrons. The van der Waals surface area contributed by atoms with Crippen LogP contribution in [-0.2, 0) is 10.0 Å². The average molecular weight is 382 g/mol. The number of fused-ring (bicyclic) bond motifs is 2. The van der Waals surface area contributed by atoms with Crippen LogP contribution in [-0.4, -0.2) is 39.4 Å². The Morgan fingerprint density at radius 1 is 1.00 bits per heavy atom. The highest BCUT2D eigenvalue weighted by Crippen LogP contribution is 2.28. The zero-order valence-corrected chi connectivity index (χ0v) is 15.5. The third-order valence-electron chi connectivity index (χ3n) is 4.52. The van der Waals surface area contributed by atoms with Gasteiger partial charge in [0.25, 0.3) is 15.9 Å². The van der Waals surface area contributed by atoms with Crippen molar-refractivity contribution in [1.82, 2.24) is 4.90 Å². The Labute approximate surface area is 157 Å². The van der Waals surface area contributed by atoms with Gasteiger partial charge in [0.15, 0.2) is 0 Å². The molecule has 1 N–H and O–H groups in total. The molecule has 7 heteroatoms. The van der Waals surface area contributed by atoms with E-state index in [9.17, 15) is 13.2 Å². The summed E-state index contributed by atoms with van der Waals surface area (Å²) in [5.41, 5.74) is 0.655. The summed E-state index contributed by atoms with van der Waals surface area (Å²) < 4.78 is 33.7. The standard InChI is InChI=1S/C20H18N2O4S/c1-22-10-11-26-19-9-7-16(13-18(19)20(22)23)21-27(24,25)17-8-6-14-4-2-3-5-15(14)12-17/h2-9,12-13,21H,10-11H2,1H3. The highest BCUT2D eigenvalue weighted by molar-refractivity contribution is 7.92. The van der Waals surface area contributed by atoms with E-state index in [1.807, 2.05) is 24.3 Å². The second kappa shape index (κ2) is 6.59. The number of nitrogens with zero attached hydrogens (tertiary/aromatic N) is 1. The maximum Gasteiger partial charge on any atom is 0.261 e. The topological polar surface area (TPSA) is 75.7 Å². The SMILES string of the molecule is CN1CCOc2ccc(NS(=O)(=O)c3ccc4ccccc4c3)cc2C1=O. The van der Waals surface area contributed by atoms with Crippen LogP contribution in [0.3, 0.4) is 0 Å². The highest BCUT2D eigenvalue weighted by atomic mass is 32.2. The number of ether oxygens (including phenoxy) is 1. The number of sulfonamides is 1. The van der Waals surface area contributed by atoms with Crippen LogP contribution in [0, 0.1) is 0 Å². The predicted molar refractivity (Wildman–Crippen MR) is 104 cm³/mol. The lowest BCUT2D eigenvalue weighted by Crippen LogP contribution is -2.27. The first-order valence-electron chi connectivity index (χ1n) is 8.48. The van der Waals surface area contributed by atoms with Crippen LogP contribution in [0.4, 0.5) is 5.69 Å². The molecule has 1 aliphatic rings. The van der Waals surface area contributed by atoms with E-state index >= 15 is 0 Å². The van der Waals surface area contributed by atoms with Crippen LogP contribution in [0.2, 0.25) is 0 Å². The summed E-state index contributed by atoms with van der Waals surface area (Å²) in [5, 5.41) is 1.81. The van der Waals surface area contributed by atoms with Gasteiger partial charge in [-0.3, -0.25) is 9.52 Å². The number of anilines is 1. The van der Waals surface area contributed by atoms with Gasteiger partial charge >= 0.3 is 0 Å². The minimum atomic E-state index is -3.79.